The number of pyridine rings is 1. The number of nitrogens with zero attached hydrogens (tertiary/aromatic N) is 3. The van der Waals surface area contributed by atoms with E-state index >= 15 is 0 Å². The molecule has 0 aliphatic heterocycles. The van der Waals surface area contributed by atoms with Crippen LogP contribution in [0.3, 0.4) is 0 Å². The van der Waals surface area contributed by atoms with Crippen LogP contribution >= 0.6 is 22.7 Å². The molecule has 0 aliphatic carbocycles. The summed E-state index contributed by atoms with van der Waals surface area (Å²) in [6.07, 6.45) is 0. The lowest BCUT2D eigenvalue weighted by Gasteiger charge is -2.07. The fourth-order valence-electron chi connectivity index (χ4n) is 3.79. The number of ether oxygens (including phenoxy) is 2. The number of para-hydroxylation sites is 1. The number of methoxy groups -OCH3 is 1. The molecule has 9 heteroatoms. The lowest BCUT2D eigenvalue weighted by molar-refractivity contribution is -0.141. The lowest BCUT2D eigenvalue weighted by Crippen LogP contribution is -2.22. The molecular formula is C26H21N3O4S2. The molecule has 3 heterocycles. The van der Waals surface area contributed by atoms with Crippen molar-refractivity contribution in [2.75, 3.05) is 13.7 Å². The maximum atomic E-state index is 13.6. The van der Waals surface area contributed by atoms with Crippen molar-refractivity contribution in [3.63, 3.8) is 0 Å². The molecule has 0 spiro atoms. The van der Waals surface area contributed by atoms with E-state index in [1.165, 1.54) is 18.4 Å². The molecule has 0 bridgehead atoms. The SMILES string of the molecule is CCOc1ccc2c(c1)sc(=NC(=O)c1cc(-c3cccs3)nc3ccccc13)n2CC(=O)OC. The molecular weight excluding hydrogens is 482 g/mol. The van der Waals surface area contributed by atoms with E-state index < -0.39 is 11.9 Å². The van der Waals surface area contributed by atoms with E-state index in [-0.39, 0.29) is 6.54 Å². The Morgan fingerprint density at radius 3 is 2.71 bits per heavy atom. The Balaban J connectivity index is 1.68. The second kappa shape index (κ2) is 9.81. The van der Waals surface area contributed by atoms with Crippen LogP contribution in [0.2, 0.25) is 0 Å². The minimum absolute atomic E-state index is 0.0614. The largest absolute Gasteiger partial charge is 0.494 e. The standard InChI is InChI=1S/C26H21N3O4S2/c1-3-33-16-10-11-21-23(13-16)35-26(29(21)15-24(30)32-2)28-25(31)18-14-20(22-9-6-12-34-22)27-19-8-5-4-7-17(18)19/h4-14H,3,15H2,1-2H3. The third-order valence-corrected chi connectivity index (χ3v) is 7.33. The molecule has 2 aromatic carbocycles. The van der Waals surface area contributed by atoms with Gasteiger partial charge in [0.2, 0.25) is 0 Å². The molecule has 35 heavy (non-hydrogen) atoms. The molecule has 5 rings (SSSR count). The maximum Gasteiger partial charge on any atom is 0.325 e. The Morgan fingerprint density at radius 1 is 1.09 bits per heavy atom. The van der Waals surface area contributed by atoms with Gasteiger partial charge in [-0.2, -0.15) is 4.99 Å². The van der Waals surface area contributed by atoms with Gasteiger partial charge in [0.15, 0.2) is 4.80 Å². The second-order valence-electron chi connectivity index (χ2n) is 7.58. The molecule has 0 fully saturated rings. The van der Waals surface area contributed by atoms with Gasteiger partial charge >= 0.3 is 5.97 Å². The quantitative estimate of drug-likeness (QED) is 0.294. The van der Waals surface area contributed by atoms with Gasteiger partial charge in [0.1, 0.15) is 12.3 Å². The van der Waals surface area contributed by atoms with Crippen molar-refractivity contribution in [3.05, 3.63) is 76.4 Å². The first kappa shape index (κ1) is 22.9. The van der Waals surface area contributed by atoms with Crippen LogP contribution in [0.1, 0.15) is 17.3 Å². The number of thiophene rings is 1. The van der Waals surface area contributed by atoms with E-state index in [4.69, 9.17) is 14.5 Å². The van der Waals surface area contributed by atoms with Crippen LogP contribution in [0.4, 0.5) is 0 Å². The van der Waals surface area contributed by atoms with Crippen LogP contribution in [0.15, 0.2) is 71.0 Å². The average Bonchev–Trinajstić information content (AvgIpc) is 3.52. The molecule has 0 N–H and O–H groups in total. The van der Waals surface area contributed by atoms with Crippen molar-refractivity contribution in [2.45, 2.75) is 13.5 Å². The highest BCUT2D eigenvalue weighted by molar-refractivity contribution is 7.16. The van der Waals surface area contributed by atoms with Crippen LogP contribution in [0.5, 0.6) is 5.75 Å². The molecule has 0 aliphatic rings. The molecule has 1 amide bonds. The van der Waals surface area contributed by atoms with E-state index in [0.29, 0.717) is 22.7 Å². The summed E-state index contributed by atoms with van der Waals surface area (Å²) < 4.78 is 13.0. The Bertz CT molecular complexity index is 1620. The zero-order valence-electron chi connectivity index (χ0n) is 19.1. The highest BCUT2D eigenvalue weighted by atomic mass is 32.1. The fraction of sp³-hybridized carbons (Fsp3) is 0.154. The van der Waals surface area contributed by atoms with Crippen LogP contribution < -0.4 is 9.54 Å². The minimum Gasteiger partial charge on any atom is -0.494 e. The van der Waals surface area contributed by atoms with Crippen molar-refractivity contribution < 1.29 is 19.1 Å². The van der Waals surface area contributed by atoms with Gasteiger partial charge in [0.05, 0.1) is 45.6 Å². The minimum atomic E-state index is -0.429. The number of carbonyl (C=O) groups is 2. The van der Waals surface area contributed by atoms with Gasteiger partial charge in [0.25, 0.3) is 5.91 Å². The number of esters is 1. The number of aromatic nitrogens is 2. The van der Waals surface area contributed by atoms with Crippen LogP contribution in [-0.4, -0.2) is 35.1 Å². The second-order valence-corrected chi connectivity index (χ2v) is 9.53. The molecule has 0 saturated heterocycles. The normalized spacial score (nSPS) is 11.8. The van der Waals surface area contributed by atoms with E-state index in [9.17, 15) is 9.59 Å². The smallest absolute Gasteiger partial charge is 0.325 e. The molecule has 0 saturated carbocycles. The summed E-state index contributed by atoms with van der Waals surface area (Å²) in [5.41, 5.74) is 2.67. The number of amides is 1. The van der Waals surface area contributed by atoms with Crippen molar-refractivity contribution in [2.24, 2.45) is 4.99 Å². The number of hydrogen-bond donors (Lipinski definition) is 0. The average molecular weight is 504 g/mol. The number of thiazole rings is 1. The van der Waals surface area contributed by atoms with Gasteiger partial charge in [-0.25, -0.2) is 4.98 Å². The van der Waals surface area contributed by atoms with E-state index in [2.05, 4.69) is 4.99 Å². The molecule has 0 atom stereocenters. The Hall–Kier alpha value is -3.82. The summed E-state index contributed by atoms with van der Waals surface area (Å²) in [4.78, 5) is 36.3. The summed E-state index contributed by atoms with van der Waals surface area (Å²) in [5, 5.41) is 2.70. The van der Waals surface area contributed by atoms with E-state index in [0.717, 1.165) is 31.7 Å². The number of benzene rings is 2. The molecule has 176 valence electrons. The van der Waals surface area contributed by atoms with Gasteiger partial charge in [0, 0.05) is 5.39 Å². The molecule has 5 aromatic rings. The number of fused-ring (bicyclic) bond motifs is 2. The molecule has 0 unspecified atom stereocenters. The third kappa shape index (κ3) is 4.60. The van der Waals surface area contributed by atoms with Crippen molar-refractivity contribution in [1.29, 1.82) is 0 Å². The summed E-state index contributed by atoms with van der Waals surface area (Å²) >= 11 is 2.88. The zero-order valence-corrected chi connectivity index (χ0v) is 20.7. The van der Waals surface area contributed by atoms with Crippen LogP contribution in [0, 0.1) is 0 Å². The van der Waals surface area contributed by atoms with Crippen molar-refractivity contribution >= 4 is 55.7 Å². The first-order valence-corrected chi connectivity index (χ1v) is 12.6. The van der Waals surface area contributed by atoms with E-state index in [1.54, 1.807) is 22.0 Å². The summed E-state index contributed by atoms with van der Waals surface area (Å²) in [6.45, 7) is 2.39. The number of rotatable bonds is 6. The first-order chi connectivity index (χ1) is 17.1. The zero-order chi connectivity index (χ0) is 24.4. The number of carbonyl (C=O) groups excluding carboxylic acids is 2. The molecule has 3 aromatic heterocycles. The monoisotopic (exact) mass is 503 g/mol. The Morgan fingerprint density at radius 2 is 1.94 bits per heavy atom. The predicted molar refractivity (Wildman–Crippen MR) is 138 cm³/mol. The predicted octanol–water partition coefficient (Wildman–Crippen LogP) is 5.29. The highest BCUT2D eigenvalue weighted by Gasteiger charge is 2.17. The summed E-state index contributed by atoms with van der Waals surface area (Å²) in [7, 11) is 1.34. The highest BCUT2D eigenvalue weighted by Crippen LogP contribution is 2.28. The van der Waals surface area contributed by atoms with Gasteiger partial charge in [-0.3, -0.25) is 9.59 Å². The Labute approximate surface area is 208 Å². The van der Waals surface area contributed by atoms with Gasteiger partial charge in [-0.15, -0.1) is 11.3 Å². The van der Waals surface area contributed by atoms with Crippen LogP contribution in [0.25, 0.3) is 31.7 Å². The summed E-state index contributed by atoms with van der Waals surface area (Å²) in [5.74, 6) is -0.122. The topological polar surface area (TPSA) is 82.8 Å². The number of hydrogen-bond acceptors (Lipinski definition) is 7. The van der Waals surface area contributed by atoms with Crippen molar-refractivity contribution in [3.8, 4) is 16.3 Å². The summed E-state index contributed by atoms with van der Waals surface area (Å²) in [6, 6.07) is 18.8. The lowest BCUT2D eigenvalue weighted by atomic mass is 10.1. The third-order valence-electron chi connectivity index (χ3n) is 5.40. The van der Waals surface area contributed by atoms with Crippen LogP contribution in [-0.2, 0) is 16.1 Å². The van der Waals surface area contributed by atoms with E-state index in [1.807, 2.05) is 66.9 Å². The molecule has 7 nitrogen and oxygen atoms in total. The van der Waals surface area contributed by atoms with Gasteiger partial charge in [-0.05, 0) is 48.7 Å². The Kier molecular flexibility index (Phi) is 6.43. The molecule has 0 radical (unpaired) electrons. The first-order valence-electron chi connectivity index (χ1n) is 10.9. The van der Waals surface area contributed by atoms with Gasteiger partial charge < -0.3 is 14.0 Å². The van der Waals surface area contributed by atoms with Gasteiger partial charge in [-0.1, -0.05) is 35.6 Å². The van der Waals surface area contributed by atoms with Crippen molar-refractivity contribution in [1.82, 2.24) is 9.55 Å². The fourth-order valence-corrected chi connectivity index (χ4v) is 5.53. The maximum absolute atomic E-state index is 13.6.